The minimum atomic E-state index is -4.78. The van der Waals surface area contributed by atoms with E-state index in [4.69, 9.17) is 4.74 Å². The molecule has 27 heavy (non-hydrogen) atoms. The van der Waals surface area contributed by atoms with Crippen LogP contribution in [-0.2, 0) is 22.2 Å². The van der Waals surface area contributed by atoms with Crippen molar-refractivity contribution in [1.82, 2.24) is 9.78 Å². The van der Waals surface area contributed by atoms with Crippen LogP contribution in [0.15, 0.2) is 0 Å². The molecule has 2 aliphatic carbocycles. The lowest BCUT2D eigenvalue weighted by atomic mass is 9.82. The first-order valence-corrected chi connectivity index (χ1v) is 8.59. The fourth-order valence-electron chi connectivity index (χ4n) is 3.29. The number of ether oxygens (including phenoxy) is 2. The third-order valence-electron chi connectivity index (χ3n) is 4.62. The highest BCUT2D eigenvalue weighted by Crippen LogP contribution is 2.47. The lowest BCUT2D eigenvalue weighted by molar-refractivity contribution is -0.354. The van der Waals surface area contributed by atoms with Crippen LogP contribution >= 0.6 is 0 Å². The maximum Gasteiger partial charge on any atom is 0.522 e. The van der Waals surface area contributed by atoms with Crippen molar-refractivity contribution < 1.29 is 40.6 Å². The second-order valence-electron chi connectivity index (χ2n) is 6.81. The van der Waals surface area contributed by atoms with E-state index in [-0.39, 0.29) is 43.5 Å². The van der Waals surface area contributed by atoms with Gasteiger partial charge in [-0.1, -0.05) is 0 Å². The Kier molecular flexibility index (Phi) is 5.17. The standard InChI is InChI=1S/C16H18F6N2O3/c1-2-26-14(25)13-11(15(17,18)19)12(9-3-4-9)23-24(13)7-8-5-10(6-8)27-16(20,21)22/h8-10H,2-7H2,1H3. The van der Waals surface area contributed by atoms with Crippen molar-refractivity contribution in [3.63, 3.8) is 0 Å². The molecule has 2 fully saturated rings. The van der Waals surface area contributed by atoms with Crippen molar-refractivity contribution in [3.8, 4) is 0 Å². The van der Waals surface area contributed by atoms with Crippen LogP contribution in [0.25, 0.3) is 0 Å². The molecule has 1 aromatic rings. The number of carbonyl (C=O) groups excluding carboxylic acids is 1. The number of alkyl halides is 6. The Balaban J connectivity index is 1.83. The van der Waals surface area contributed by atoms with E-state index in [2.05, 4.69) is 9.84 Å². The summed E-state index contributed by atoms with van der Waals surface area (Å²) in [5.41, 5.74) is -1.95. The van der Waals surface area contributed by atoms with Gasteiger partial charge in [0.05, 0.1) is 18.4 Å². The van der Waals surface area contributed by atoms with Gasteiger partial charge in [-0.15, -0.1) is 13.2 Å². The Hall–Kier alpha value is -1.78. The number of carbonyl (C=O) groups is 1. The molecule has 152 valence electrons. The summed E-state index contributed by atoms with van der Waals surface area (Å²) >= 11 is 0. The number of hydrogen-bond donors (Lipinski definition) is 0. The molecule has 11 heteroatoms. The van der Waals surface area contributed by atoms with Crippen LogP contribution in [0.3, 0.4) is 0 Å². The summed E-state index contributed by atoms with van der Waals surface area (Å²) in [6, 6.07) is 0. The number of esters is 1. The number of aromatic nitrogens is 2. The lowest BCUT2D eigenvalue weighted by Crippen LogP contribution is -2.38. The van der Waals surface area contributed by atoms with E-state index in [9.17, 15) is 31.1 Å². The quantitative estimate of drug-likeness (QED) is 0.529. The Labute approximate surface area is 150 Å². The predicted octanol–water partition coefficient (Wildman–Crippen LogP) is 4.27. The average molecular weight is 400 g/mol. The molecule has 0 amide bonds. The molecule has 0 radical (unpaired) electrons. The number of halogens is 6. The number of rotatable bonds is 6. The van der Waals surface area contributed by atoms with Crippen LogP contribution in [0.4, 0.5) is 26.3 Å². The maximum absolute atomic E-state index is 13.6. The minimum absolute atomic E-state index is 0.0295. The fourth-order valence-corrected chi connectivity index (χ4v) is 3.29. The molecule has 0 spiro atoms. The molecule has 1 heterocycles. The van der Waals surface area contributed by atoms with Crippen molar-refractivity contribution in [2.24, 2.45) is 5.92 Å². The van der Waals surface area contributed by atoms with Gasteiger partial charge in [0.1, 0.15) is 5.56 Å². The van der Waals surface area contributed by atoms with Gasteiger partial charge >= 0.3 is 18.5 Å². The van der Waals surface area contributed by atoms with Crippen molar-refractivity contribution in [2.45, 2.75) is 63.7 Å². The summed E-state index contributed by atoms with van der Waals surface area (Å²) in [5.74, 6) is -1.86. The van der Waals surface area contributed by atoms with E-state index in [1.807, 2.05) is 0 Å². The Morgan fingerprint density at radius 1 is 1.19 bits per heavy atom. The van der Waals surface area contributed by atoms with Crippen LogP contribution in [-0.4, -0.2) is 34.8 Å². The third-order valence-corrected chi connectivity index (χ3v) is 4.62. The predicted molar refractivity (Wildman–Crippen MR) is 78.8 cm³/mol. The van der Waals surface area contributed by atoms with Gasteiger partial charge in [0.25, 0.3) is 0 Å². The summed E-state index contributed by atoms with van der Waals surface area (Å²) in [4.78, 5) is 12.2. The zero-order chi connectivity index (χ0) is 20.0. The zero-order valence-electron chi connectivity index (χ0n) is 14.4. The second-order valence-corrected chi connectivity index (χ2v) is 6.81. The molecular weight excluding hydrogens is 382 g/mol. The van der Waals surface area contributed by atoms with Crippen LogP contribution in [0.1, 0.15) is 60.3 Å². The van der Waals surface area contributed by atoms with Crippen LogP contribution in [0.5, 0.6) is 0 Å². The van der Waals surface area contributed by atoms with Crippen LogP contribution in [0, 0.1) is 5.92 Å². The monoisotopic (exact) mass is 400 g/mol. The molecule has 0 N–H and O–H groups in total. The lowest BCUT2D eigenvalue weighted by Gasteiger charge is -2.35. The molecule has 5 nitrogen and oxygen atoms in total. The van der Waals surface area contributed by atoms with E-state index >= 15 is 0 Å². The molecule has 0 unspecified atom stereocenters. The first-order valence-electron chi connectivity index (χ1n) is 8.59. The average Bonchev–Trinajstić information content (AvgIpc) is 3.24. The van der Waals surface area contributed by atoms with Gasteiger partial charge in [0.2, 0.25) is 0 Å². The molecule has 0 bridgehead atoms. The number of nitrogens with zero attached hydrogens (tertiary/aromatic N) is 2. The highest BCUT2D eigenvalue weighted by Gasteiger charge is 2.47. The summed E-state index contributed by atoms with van der Waals surface area (Å²) in [6.45, 7) is 1.27. The van der Waals surface area contributed by atoms with Crippen LogP contribution < -0.4 is 0 Å². The minimum Gasteiger partial charge on any atom is -0.461 e. The van der Waals surface area contributed by atoms with E-state index in [1.54, 1.807) is 0 Å². The largest absolute Gasteiger partial charge is 0.522 e. The van der Waals surface area contributed by atoms with Gasteiger partial charge in [0, 0.05) is 12.5 Å². The van der Waals surface area contributed by atoms with Crippen molar-refractivity contribution in [3.05, 3.63) is 17.0 Å². The van der Waals surface area contributed by atoms with Gasteiger partial charge in [-0.2, -0.15) is 18.3 Å². The van der Waals surface area contributed by atoms with Crippen molar-refractivity contribution >= 4 is 5.97 Å². The first-order chi connectivity index (χ1) is 12.5. The molecule has 0 aliphatic heterocycles. The van der Waals surface area contributed by atoms with Gasteiger partial charge in [-0.3, -0.25) is 9.42 Å². The molecule has 3 rings (SSSR count). The Bertz CT molecular complexity index is 702. The first kappa shape index (κ1) is 20.0. The summed E-state index contributed by atoms with van der Waals surface area (Å²) in [6.07, 6.45) is -9.40. The summed E-state index contributed by atoms with van der Waals surface area (Å²) in [7, 11) is 0. The van der Waals surface area contributed by atoms with Crippen molar-refractivity contribution in [2.75, 3.05) is 6.61 Å². The van der Waals surface area contributed by atoms with Gasteiger partial charge in [0.15, 0.2) is 5.69 Å². The SMILES string of the molecule is CCOC(=O)c1c(C(F)(F)F)c(C2CC2)nn1CC1CC(OC(F)(F)F)C1. The highest BCUT2D eigenvalue weighted by molar-refractivity contribution is 5.90. The zero-order valence-corrected chi connectivity index (χ0v) is 14.4. The number of hydrogen-bond acceptors (Lipinski definition) is 4. The summed E-state index contributed by atoms with van der Waals surface area (Å²) < 4.78 is 86.9. The highest BCUT2D eigenvalue weighted by atomic mass is 19.4. The Morgan fingerprint density at radius 3 is 2.30 bits per heavy atom. The third kappa shape index (κ3) is 4.56. The maximum atomic E-state index is 13.6. The molecule has 0 saturated heterocycles. The molecule has 2 saturated carbocycles. The summed E-state index contributed by atoms with van der Waals surface area (Å²) in [5, 5.41) is 4.00. The van der Waals surface area contributed by atoms with Gasteiger partial charge < -0.3 is 4.74 Å². The van der Waals surface area contributed by atoms with Gasteiger partial charge in [-0.25, -0.2) is 4.79 Å². The van der Waals surface area contributed by atoms with E-state index in [0.717, 1.165) is 4.68 Å². The smallest absolute Gasteiger partial charge is 0.461 e. The second kappa shape index (κ2) is 6.99. The molecule has 2 aliphatic rings. The molecule has 0 atom stereocenters. The van der Waals surface area contributed by atoms with Crippen molar-refractivity contribution in [1.29, 1.82) is 0 Å². The van der Waals surface area contributed by atoms with E-state index in [0.29, 0.717) is 12.8 Å². The van der Waals surface area contributed by atoms with E-state index < -0.39 is 35.9 Å². The molecule has 0 aromatic carbocycles. The fraction of sp³-hybridized carbons (Fsp3) is 0.750. The van der Waals surface area contributed by atoms with Crippen LogP contribution in [0.2, 0.25) is 0 Å². The normalized spacial score (nSPS) is 23.2. The van der Waals surface area contributed by atoms with Gasteiger partial charge in [-0.05, 0) is 38.5 Å². The molecule has 1 aromatic heterocycles. The van der Waals surface area contributed by atoms with E-state index in [1.165, 1.54) is 6.92 Å². The Morgan fingerprint density at radius 2 is 1.81 bits per heavy atom. The topological polar surface area (TPSA) is 53.3 Å². The molecular formula is C16H18F6N2O3.